The lowest BCUT2D eigenvalue weighted by Crippen LogP contribution is -2.52. The minimum atomic E-state index is -0.435. The van der Waals surface area contributed by atoms with E-state index in [0.717, 1.165) is 12.8 Å². The van der Waals surface area contributed by atoms with Gasteiger partial charge in [0.1, 0.15) is 0 Å². The molecule has 1 aliphatic carbocycles. The highest BCUT2D eigenvalue weighted by atomic mass is 16.6. The van der Waals surface area contributed by atoms with Crippen LogP contribution < -0.4 is 5.32 Å². The summed E-state index contributed by atoms with van der Waals surface area (Å²) < 4.78 is 0. The summed E-state index contributed by atoms with van der Waals surface area (Å²) in [4.78, 5) is 25.2. The molecule has 0 bridgehead atoms. The number of rotatable bonds is 6. The van der Waals surface area contributed by atoms with Gasteiger partial charge in [-0.2, -0.15) is 0 Å². The largest absolute Gasteiger partial charge is 0.354 e. The molecule has 0 spiro atoms. The Morgan fingerprint density at radius 1 is 1.21 bits per heavy atom. The highest BCUT2D eigenvalue weighted by Gasteiger charge is 2.33. The first kappa shape index (κ1) is 18.4. The third-order valence-electron chi connectivity index (χ3n) is 5.14. The van der Waals surface area contributed by atoms with Gasteiger partial charge in [-0.3, -0.25) is 14.9 Å². The maximum absolute atomic E-state index is 12.3. The molecule has 6 heteroatoms. The van der Waals surface area contributed by atoms with Gasteiger partial charge >= 0.3 is 0 Å². The van der Waals surface area contributed by atoms with Crippen LogP contribution in [0.3, 0.4) is 0 Å². The van der Waals surface area contributed by atoms with Gasteiger partial charge in [0.25, 0.3) is 5.69 Å². The van der Waals surface area contributed by atoms with E-state index < -0.39 is 4.92 Å². The molecule has 1 aliphatic rings. The van der Waals surface area contributed by atoms with Gasteiger partial charge in [0, 0.05) is 23.7 Å². The number of nitrogens with one attached hydrogen (secondary N) is 1. The Kier molecular flexibility index (Phi) is 6.31. The summed E-state index contributed by atoms with van der Waals surface area (Å²) >= 11 is 0. The van der Waals surface area contributed by atoms with E-state index in [4.69, 9.17) is 0 Å². The summed E-state index contributed by atoms with van der Waals surface area (Å²) in [5.41, 5.74) is 0.457. The van der Waals surface area contributed by atoms with Gasteiger partial charge in [-0.05, 0) is 26.9 Å². The van der Waals surface area contributed by atoms with Crippen LogP contribution in [-0.4, -0.2) is 41.9 Å². The van der Waals surface area contributed by atoms with Crippen molar-refractivity contribution in [1.82, 2.24) is 10.2 Å². The molecule has 6 nitrogen and oxygen atoms in total. The number of amides is 1. The predicted octanol–water partition coefficient (Wildman–Crippen LogP) is 2.91. The lowest BCUT2D eigenvalue weighted by Gasteiger charge is -2.39. The van der Waals surface area contributed by atoms with Crippen LogP contribution in [0, 0.1) is 10.1 Å². The summed E-state index contributed by atoms with van der Waals surface area (Å²) in [5.74, 6) is -0.158. The number of carbonyl (C=O) groups is 1. The van der Waals surface area contributed by atoms with Crippen molar-refractivity contribution >= 4 is 11.6 Å². The Balaban J connectivity index is 2.00. The van der Waals surface area contributed by atoms with Crippen LogP contribution >= 0.6 is 0 Å². The van der Waals surface area contributed by atoms with Gasteiger partial charge in [0.05, 0.1) is 11.3 Å². The van der Waals surface area contributed by atoms with E-state index in [1.54, 1.807) is 18.2 Å². The van der Waals surface area contributed by atoms with Crippen molar-refractivity contribution in [3.05, 3.63) is 39.9 Å². The first-order valence-electron chi connectivity index (χ1n) is 8.61. The molecule has 0 saturated heterocycles. The number of likely N-dealkylation sites (N-methyl/N-ethyl adjacent to an activating group) is 1. The second kappa shape index (κ2) is 8.24. The molecule has 1 aromatic carbocycles. The van der Waals surface area contributed by atoms with Gasteiger partial charge in [0.2, 0.25) is 5.91 Å². The molecule has 24 heavy (non-hydrogen) atoms. The molecule has 0 heterocycles. The third kappa shape index (κ3) is 4.54. The Labute approximate surface area is 143 Å². The Hall–Kier alpha value is -1.95. The molecule has 0 atom stereocenters. The molecule has 1 N–H and O–H groups in total. The fraction of sp³-hybridized carbons (Fsp3) is 0.611. The van der Waals surface area contributed by atoms with Crippen LogP contribution in [-0.2, 0) is 11.2 Å². The zero-order valence-electron chi connectivity index (χ0n) is 14.6. The van der Waals surface area contributed by atoms with Crippen LogP contribution in [0.5, 0.6) is 0 Å². The molecule has 0 radical (unpaired) electrons. The van der Waals surface area contributed by atoms with Crippen molar-refractivity contribution in [2.24, 2.45) is 0 Å². The van der Waals surface area contributed by atoms with Gasteiger partial charge < -0.3 is 10.2 Å². The first-order valence-corrected chi connectivity index (χ1v) is 8.61. The number of nitro benzene ring substituents is 1. The molecule has 132 valence electrons. The van der Waals surface area contributed by atoms with Gasteiger partial charge in [-0.1, -0.05) is 43.9 Å². The summed E-state index contributed by atoms with van der Waals surface area (Å²) in [7, 11) is 4.14. The molecule has 0 aliphatic heterocycles. The topological polar surface area (TPSA) is 75.5 Å². The zero-order valence-corrected chi connectivity index (χ0v) is 14.6. The molecule has 2 rings (SSSR count). The third-order valence-corrected chi connectivity index (χ3v) is 5.14. The fourth-order valence-corrected chi connectivity index (χ4v) is 3.51. The van der Waals surface area contributed by atoms with Gasteiger partial charge in [-0.25, -0.2) is 0 Å². The monoisotopic (exact) mass is 333 g/mol. The van der Waals surface area contributed by atoms with Gasteiger partial charge in [0.15, 0.2) is 0 Å². The minimum Gasteiger partial charge on any atom is -0.354 e. The number of benzene rings is 1. The van der Waals surface area contributed by atoms with Crippen molar-refractivity contribution in [1.29, 1.82) is 0 Å². The van der Waals surface area contributed by atoms with E-state index in [9.17, 15) is 14.9 Å². The summed E-state index contributed by atoms with van der Waals surface area (Å²) in [5, 5.41) is 14.1. The summed E-state index contributed by atoms with van der Waals surface area (Å²) in [6.45, 7) is 0.597. The van der Waals surface area contributed by atoms with Crippen LogP contribution in [0.4, 0.5) is 5.69 Å². The minimum absolute atomic E-state index is 0.00411. The fourth-order valence-electron chi connectivity index (χ4n) is 3.51. The second-order valence-corrected chi connectivity index (χ2v) is 6.87. The van der Waals surface area contributed by atoms with Crippen molar-refractivity contribution in [2.75, 3.05) is 20.6 Å². The number of hydrogen-bond acceptors (Lipinski definition) is 4. The van der Waals surface area contributed by atoms with E-state index in [2.05, 4.69) is 24.3 Å². The molecular formula is C18H27N3O3. The average molecular weight is 333 g/mol. The summed E-state index contributed by atoms with van der Waals surface area (Å²) in [6, 6.07) is 6.43. The Morgan fingerprint density at radius 3 is 2.42 bits per heavy atom. The smallest absolute Gasteiger partial charge is 0.273 e. The second-order valence-electron chi connectivity index (χ2n) is 6.87. The lowest BCUT2D eigenvalue weighted by molar-refractivity contribution is -0.385. The number of carbonyl (C=O) groups excluding carboxylic acids is 1. The molecule has 1 aromatic rings. The number of nitrogens with zero attached hydrogens (tertiary/aromatic N) is 2. The zero-order chi connectivity index (χ0) is 17.6. The van der Waals surface area contributed by atoms with E-state index in [1.807, 2.05) is 0 Å². The quantitative estimate of drug-likeness (QED) is 0.493. The van der Waals surface area contributed by atoms with Crippen LogP contribution in [0.1, 0.15) is 44.1 Å². The highest BCUT2D eigenvalue weighted by molar-refractivity contribution is 5.79. The number of para-hydroxylation sites is 1. The van der Waals surface area contributed by atoms with Crippen molar-refractivity contribution in [2.45, 2.75) is 50.5 Å². The van der Waals surface area contributed by atoms with E-state index in [-0.39, 0.29) is 23.6 Å². The molecule has 0 aromatic heterocycles. The van der Waals surface area contributed by atoms with Crippen molar-refractivity contribution in [3.8, 4) is 0 Å². The summed E-state index contributed by atoms with van der Waals surface area (Å²) in [6.07, 6.45) is 7.05. The van der Waals surface area contributed by atoms with Crippen molar-refractivity contribution in [3.63, 3.8) is 0 Å². The Bertz CT molecular complexity index is 579. The molecule has 0 unspecified atom stereocenters. The SMILES string of the molecule is CN(C)C1(CNC(=O)Cc2ccccc2[N+](=O)[O-])CCCCCC1. The molecule has 1 fully saturated rings. The number of nitro groups is 1. The standard InChI is InChI=1S/C18H27N3O3/c1-20(2)18(11-7-3-4-8-12-18)14-19-17(22)13-15-9-5-6-10-16(15)21(23)24/h5-6,9-10H,3-4,7-8,11-14H2,1-2H3,(H,19,22). The highest BCUT2D eigenvalue weighted by Crippen LogP contribution is 2.30. The van der Waals surface area contributed by atoms with Crippen LogP contribution in [0.15, 0.2) is 24.3 Å². The van der Waals surface area contributed by atoms with E-state index in [1.165, 1.54) is 31.7 Å². The predicted molar refractivity (Wildman–Crippen MR) is 93.9 cm³/mol. The molecular weight excluding hydrogens is 306 g/mol. The van der Waals surface area contributed by atoms with Crippen LogP contribution in [0.2, 0.25) is 0 Å². The maximum atomic E-state index is 12.3. The van der Waals surface area contributed by atoms with Crippen molar-refractivity contribution < 1.29 is 9.72 Å². The van der Waals surface area contributed by atoms with E-state index in [0.29, 0.717) is 12.1 Å². The van der Waals surface area contributed by atoms with Crippen LogP contribution in [0.25, 0.3) is 0 Å². The molecule has 1 saturated carbocycles. The normalized spacial score (nSPS) is 17.3. The first-order chi connectivity index (χ1) is 11.4. The molecule has 1 amide bonds. The van der Waals surface area contributed by atoms with Gasteiger partial charge in [-0.15, -0.1) is 0 Å². The average Bonchev–Trinajstić information content (AvgIpc) is 2.80. The lowest BCUT2D eigenvalue weighted by atomic mass is 9.88. The number of hydrogen-bond donors (Lipinski definition) is 1. The maximum Gasteiger partial charge on any atom is 0.273 e. The Morgan fingerprint density at radius 2 is 1.83 bits per heavy atom. The van der Waals surface area contributed by atoms with E-state index >= 15 is 0 Å².